The van der Waals surface area contributed by atoms with Crippen LogP contribution in [0.15, 0.2) is 24.3 Å². The molecule has 1 saturated heterocycles. The van der Waals surface area contributed by atoms with Crippen molar-refractivity contribution < 1.29 is 19.4 Å². The van der Waals surface area contributed by atoms with Gasteiger partial charge in [-0.15, -0.1) is 0 Å². The average molecular weight is 303 g/mol. The Morgan fingerprint density at radius 3 is 2.82 bits per heavy atom. The van der Waals surface area contributed by atoms with E-state index in [2.05, 4.69) is 19.2 Å². The summed E-state index contributed by atoms with van der Waals surface area (Å²) in [4.78, 5) is 23.5. The molecular weight excluding hydrogens is 282 g/mol. The van der Waals surface area contributed by atoms with Crippen molar-refractivity contribution in [2.45, 2.75) is 38.8 Å². The predicted octanol–water partition coefficient (Wildman–Crippen LogP) is 1.86. The first-order chi connectivity index (χ1) is 10.4. The zero-order chi connectivity index (χ0) is 15.9. The normalized spacial score (nSPS) is 28.5. The van der Waals surface area contributed by atoms with Crippen LogP contribution in [0.5, 0.6) is 0 Å². The van der Waals surface area contributed by atoms with Crippen LogP contribution >= 0.6 is 0 Å². The number of fused-ring (bicyclic) bond motifs is 1. The molecule has 1 aliphatic carbocycles. The van der Waals surface area contributed by atoms with Crippen LogP contribution in [-0.4, -0.2) is 35.7 Å². The molecule has 3 unspecified atom stereocenters. The highest BCUT2D eigenvalue weighted by atomic mass is 16.5. The van der Waals surface area contributed by atoms with Gasteiger partial charge in [-0.2, -0.15) is 0 Å². The molecule has 1 saturated carbocycles. The number of benzene rings is 1. The second-order valence-corrected chi connectivity index (χ2v) is 6.75. The van der Waals surface area contributed by atoms with Crippen LogP contribution in [0.1, 0.15) is 36.2 Å². The molecule has 1 aromatic carbocycles. The Morgan fingerprint density at radius 1 is 1.36 bits per heavy atom. The molecule has 0 bridgehead atoms. The molecule has 5 nitrogen and oxygen atoms in total. The summed E-state index contributed by atoms with van der Waals surface area (Å²) >= 11 is 0. The van der Waals surface area contributed by atoms with Crippen molar-refractivity contribution in [2.75, 3.05) is 6.61 Å². The molecule has 1 aromatic rings. The maximum absolute atomic E-state index is 12.3. The van der Waals surface area contributed by atoms with E-state index in [4.69, 9.17) is 4.74 Å². The van der Waals surface area contributed by atoms with Crippen molar-refractivity contribution in [1.29, 1.82) is 0 Å². The number of carboxylic acid groups (broad SMARTS) is 1. The van der Waals surface area contributed by atoms with Crippen LogP contribution in [-0.2, 0) is 16.0 Å². The molecule has 2 fully saturated rings. The lowest BCUT2D eigenvalue weighted by Gasteiger charge is -2.54. The Morgan fingerprint density at radius 2 is 2.09 bits per heavy atom. The molecule has 3 rings (SSSR count). The van der Waals surface area contributed by atoms with E-state index < -0.39 is 5.97 Å². The van der Waals surface area contributed by atoms with Gasteiger partial charge in [0.15, 0.2) is 0 Å². The van der Waals surface area contributed by atoms with Gasteiger partial charge in [-0.25, -0.2) is 4.79 Å². The molecule has 2 aliphatic rings. The van der Waals surface area contributed by atoms with Gasteiger partial charge in [0.2, 0.25) is 5.91 Å². The van der Waals surface area contributed by atoms with Crippen LogP contribution in [0.4, 0.5) is 0 Å². The van der Waals surface area contributed by atoms with E-state index in [9.17, 15) is 14.7 Å². The number of carbonyl (C=O) groups excluding carboxylic acids is 1. The number of carbonyl (C=O) groups is 2. The quantitative estimate of drug-likeness (QED) is 0.890. The van der Waals surface area contributed by atoms with Gasteiger partial charge >= 0.3 is 5.97 Å². The number of nitrogens with one attached hydrogen (secondary N) is 1. The largest absolute Gasteiger partial charge is 0.478 e. The van der Waals surface area contributed by atoms with Crippen LogP contribution in [0, 0.1) is 11.3 Å². The maximum atomic E-state index is 12.3. The third-order valence-electron chi connectivity index (χ3n) is 5.02. The van der Waals surface area contributed by atoms with E-state index in [1.54, 1.807) is 18.2 Å². The van der Waals surface area contributed by atoms with E-state index in [0.29, 0.717) is 11.5 Å². The SMILES string of the molecule is CC1(C)C(NC(=O)Cc2ccccc2C(=O)O)C2CCOC21. The number of hydrogen-bond acceptors (Lipinski definition) is 3. The number of amides is 1. The molecule has 5 heteroatoms. The minimum Gasteiger partial charge on any atom is -0.478 e. The van der Waals surface area contributed by atoms with E-state index >= 15 is 0 Å². The molecule has 22 heavy (non-hydrogen) atoms. The first kappa shape index (κ1) is 15.0. The fourth-order valence-corrected chi connectivity index (χ4v) is 3.90. The summed E-state index contributed by atoms with van der Waals surface area (Å²) in [7, 11) is 0. The molecule has 0 aromatic heterocycles. The summed E-state index contributed by atoms with van der Waals surface area (Å²) in [6.45, 7) is 4.97. The van der Waals surface area contributed by atoms with Crippen molar-refractivity contribution in [3.63, 3.8) is 0 Å². The van der Waals surface area contributed by atoms with Crippen LogP contribution < -0.4 is 5.32 Å². The topological polar surface area (TPSA) is 75.6 Å². The van der Waals surface area contributed by atoms with Gasteiger partial charge in [-0.05, 0) is 18.1 Å². The van der Waals surface area contributed by atoms with Crippen molar-refractivity contribution in [2.24, 2.45) is 11.3 Å². The molecule has 1 amide bonds. The van der Waals surface area contributed by atoms with Gasteiger partial charge in [0.1, 0.15) is 0 Å². The summed E-state index contributed by atoms with van der Waals surface area (Å²) in [5, 5.41) is 12.3. The third kappa shape index (κ3) is 2.39. The second kappa shape index (κ2) is 5.39. The Labute approximate surface area is 129 Å². The van der Waals surface area contributed by atoms with Crippen molar-refractivity contribution >= 4 is 11.9 Å². The first-order valence-electron chi connectivity index (χ1n) is 7.63. The fourth-order valence-electron chi connectivity index (χ4n) is 3.90. The van der Waals surface area contributed by atoms with Gasteiger partial charge in [0.25, 0.3) is 0 Å². The lowest BCUT2D eigenvalue weighted by atomic mass is 9.57. The van der Waals surface area contributed by atoms with E-state index in [1.807, 2.05) is 0 Å². The zero-order valence-corrected chi connectivity index (χ0v) is 12.8. The Balaban J connectivity index is 1.68. The number of carboxylic acids is 1. The van der Waals surface area contributed by atoms with Crippen LogP contribution in [0.2, 0.25) is 0 Å². The molecule has 3 atom stereocenters. The fraction of sp³-hybridized carbons (Fsp3) is 0.529. The number of ether oxygens (including phenoxy) is 1. The zero-order valence-electron chi connectivity index (χ0n) is 12.8. The molecule has 0 radical (unpaired) electrons. The van der Waals surface area contributed by atoms with E-state index in [-0.39, 0.29) is 35.5 Å². The smallest absolute Gasteiger partial charge is 0.335 e. The van der Waals surface area contributed by atoms with Crippen LogP contribution in [0.3, 0.4) is 0 Å². The van der Waals surface area contributed by atoms with Gasteiger partial charge in [-0.1, -0.05) is 32.0 Å². The molecule has 2 N–H and O–H groups in total. The standard InChI is InChI=1S/C17H21NO4/c1-17(2)14(12-7-8-22-15(12)17)18-13(19)9-10-5-3-4-6-11(10)16(20)21/h3-6,12,14-15H,7-9H2,1-2H3,(H,18,19)(H,20,21). The number of aromatic carboxylic acids is 1. The molecule has 1 heterocycles. The molecule has 0 spiro atoms. The second-order valence-electron chi connectivity index (χ2n) is 6.75. The highest BCUT2D eigenvalue weighted by molar-refractivity contribution is 5.91. The first-order valence-corrected chi connectivity index (χ1v) is 7.63. The van der Waals surface area contributed by atoms with E-state index in [0.717, 1.165) is 13.0 Å². The molecule has 1 aliphatic heterocycles. The summed E-state index contributed by atoms with van der Waals surface area (Å²) < 4.78 is 5.72. The molecular formula is C17H21NO4. The van der Waals surface area contributed by atoms with Crippen molar-refractivity contribution in [3.8, 4) is 0 Å². The Hall–Kier alpha value is -1.88. The van der Waals surface area contributed by atoms with E-state index in [1.165, 1.54) is 6.07 Å². The Kier molecular flexibility index (Phi) is 3.68. The van der Waals surface area contributed by atoms with Gasteiger partial charge in [0, 0.05) is 24.0 Å². The number of rotatable bonds is 4. The highest BCUT2D eigenvalue weighted by Gasteiger charge is 2.59. The third-order valence-corrected chi connectivity index (χ3v) is 5.02. The average Bonchev–Trinajstić information content (AvgIpc) is 2.92. The maximum Gasteiger partial charge on any atom is 0.335 e. The van der Waals surface area contributed by atoms with Gasteiger partial charge < -0.3 is 15.2 Å². The monoisotopic (exact) mass is 303 g/mol. The van der Waals surface area contributed by atoms with Crippen LogP contribution in [0.25, 0.3) is 0 Å². The summed E-state index contributed by atoms with van der Waals surface area (Å²) in [6, 6.07) is 6.74. The summed E-state index contributed by atoms with van der Waals surface area (Å²) in [5.41, 5.74) is 0.666. The van der Waals surface area contributed by atoms with Crippen molar-refractivity contribution in [3.05, 3.63) is 35.4 Å². The lowest BCUT2D eigenvalue weighted by Crippen LogP contribution is -2.66. The lowest BCUT2D eigenvalue weighted by molar-refractivity contribution is -0.137. The predicted molar refractivity (Wildman–Crippen MR) is 80.7 cm³/mol. The summed E-state index contributed by atoms with van der Waals surface area (Å²) in [5.74, 6) is -0.748. The van der Waals surface area contributed by atoms with Gasteiger partial charge in [0.05, 0.1) is 18.1 Å². The van der Waals surface area contributed by atoms with Crippen molar-refractivity contribution in [1.82, 2.24) is 5.32 Å². The molecule has 118 valence electrons. The van der Waals surface area contributed by atoms with Gasteiger partial charge in [-0.3, -0.25) is 4.79 Å². The Bertz CT molecular complexity index is 610. The minimum absolute atomic E-state index is 0.0663. The highest BCUT2D eigenvalue weighted by Crippen LogP contribution is 2.52. The summed E-state index contributed by atoms with van der Waals surface area (Å²) in [6.07, 6.45) is 1.29. The minimum atomic E-state index is -1.00. The number of hydrogen-bond donors (Lipinski definition) is 2.